The summed E-state index contributed by atoms with van der Waals surface area (Å²) in [7, 11) is 0. The molecule has 0 aromatic heterocycles. The molecule has 0 heterocycles. The molecule has 0 aromatic carbocycles. The number of hydrogen-bond acceptors (Lipinski definition) is 6. The van der Waals surface area contributed by atoms with E-state index in [4.69, 9.17) is 14.2 Å². The van der Waals surface area contributed by atoms with Crippen molar-refractivity contribution in [3.63, 3.8) is 0 Å². The molecule has 0 aromatic rings. The third-order valence-corrected chi connectivity index (χ3v) is 12.1. The molecule has 0 aliphatic heterocycles. The van der Waals surface area contributed by atoms with Crippen molar-refractivity contribution in [3.8, 4) is 0 Å². The number of carbonyl (C=O) groups excluding carboxylic acids is 3. The quantitative estimate of drug-likeness (QED) is 0.0262. The number of rotatable bonds is 50. The normalized spacial score (nSPS) is 12.2. The summed E-state index contributed by atoms with van der Waals surface area (Å²) in [6.45, 7) is 6.61. The van der Waals surface area contributed by atoms with Crippen LogP contribution >= 0.6 is 0 Å². The van der Waals surface area contributed by atoms with Crippen LogP contribution in [0.15, 0.2) is 36.5 Å². The number of unbranched alkanes of at least 4 members (excludes halogenated alkanes) is 33. The van der Waals surface area contributed by atoms with E-state index in [1.165, 1.54) is 186 Å². The zero-order valence-electron chi connectivity index (χ0n) is 42.1. The van der Waals surface area contributed by atoms with E-state index in [1.54, 1.807) is 0 Å². The first-order chi connectivity index (χ1) is 31.0. The van der Waals surface area contributed by atoms with Crippen LogP contribution in [0.3, 0.4) is 0 Å². The molecule has 0 fully saturated rings. The number of allylic oxidation sites excluding steroid dienone is 6. The molecule has 0 radical (unpaired) electrons. The fraction of sp³-hybridized carbons (Fsp3) is 0.842. The summed E-state index contributed by atoms with van der Waals surface area (Å²) >= 11 is 0. The summed E-state index contributed by atoms with van der Waals surface area (Å²) in [5.74, 6) is -0.924. The first-order valence-electron chi connectivity index (χ1n) is 27.5. The molecule has 0 amide bonds. The van der Waals surface area contributed by atoms with Crippen LogP contribution in [0.4, 0.5) is 0 Å². The van der Waals surface area contributed by atoms with Crippen molar-refractivity contribution < 1.29 is 28.6 Å². The van der Waals surface area contributed by atoms with Crippen molar-refractivity contribution in [2.75, 3.05) is 13.2 Å². The number of ether oxygens (including phenoxy) is 3. The van der Waals surface area contributed by atoms with Crippen LogP contribution in [0.25, 0.3) is 0 Å². The van der Waals surface area contributed by atoms with Crippen molar-refractivity contribution in [1.29, 1.82) is 0 Å². The second-order valence-corrected chi connectivity index (χ2v) is 18.5. The molecular weight excluding hydrogens is 781 g/mol. The molecule has 368 valence electrons. The Kier molecular flexibility index (Phi) is 50.3. The van der Waals surface area contributed by atoms with Gasteiger partial charge in [0.1, 0.15) is 13.2 Å². The van der Waals surface area contributed by atoms with Gasteiger partial charge in [0.15, 0.2) is 6.10 Å². The summed E-state index contributed by atoms with van der Waals surface area (Å²) in [5, 5.41) is 0. The third-order valence-electron chi connectivity index (χ3n) is 12.1. The van der Waals surface area contributed by atoms with Crippen LogP contribution < -0.4 is 0 Å². The largest absolute Gasteiger partial charge is 0.462 e. The monoisotopic (exact) mass is 885 g/mol. The summed E-state index contributed by atoms with van der Waals surface area (Å²) < 4.78 is 16.8. The van der Waals surface area contributed by atoms with E-state index in [2.05, 4.69) is 57.2 Å². The van der Waals surface area contributed by atoms with Crippen molar-refractivity contribution in [2.45, 2.75) is 297 Å². The van der Waals surface area contributed by atoms with Gasteiger partial charge in [0.2, 0.25) is 0 Å². The van der Waals surface area contributed by atoms with Gasteiger partial charge in [0.05, 0.1) is 0 Å². The highest BCUT2D eigenvalue weighted by Gasteiger charge is 2.19. The van der Waals surface area contributed by atoms with Gasteiger partial charge < -0.3 is 14.2 Å². The molecule has 1 unspecified atom stereocenters. The van der Waals surface area contributed by atoms with Gasteiger partial charge in [-0.05, 0) is 51.4 Å². The number of carbonyl (C=O) groups is 3. The standard InChI is InChI=1S/C57H104O6/c1-4-7-10-13-16-19-22-24-26-28-30-32-35-38-41-44-47-50-56(59)62-53-54(52-61-55(58)49-46-43-40-37-34-21-18-15-12-9-6-3)63-57(60)51-48-45-42-39-36-33-31-29-27-25-23-20-17-14-11-8-5-2/h24,26,30,32,38,41,54H,4-23,25,27-29,31,33-37,39-40,42-53H2,1-3H3/b26-24-,32-30-,41-38-. The molecule has 0 aliphatic carbocycles. The van der Waals surface area contributed by atoms with Gasteiger partial charge in [-0.1, -0.05) is 256 Å². The highest BCUT2D eigenvalue weighted by molar-refractivity contribution is 5.71. The highest BCUT2D eigenvalue weighted by atomic mass is 16.6. The zero-order valence-corrected chi connectivity index (χ0v) is 42.1. The first kappa shape index (κ1) is 60.6. The molecule has 0 saturated heterocycles. The Morgan fingerprint density at radius 1 is 0.317 bits per heavy atom. The Balaban J connectivity index is 4.38. The van der Waals surface area contributed by atoms with E-state index in [0.29, 0.717) is 25.7 Å². The summed E-state index contributed by atoms with van der Waals surface area (Å²) in [4.78, 5) is 38.0. The Bertz CT molecular complexity index is 1060. The van der Waals surface area contributed by atoms with Gasteiger partial charge in [0.25, 0.3) is 0 Å². The van der Waals surface area contributed by atoms with Crippen molar-refractivity contribution >= 4 is 17.9 Å². The van der Waals surface area contributed by atoms with E-state index >= 15 is 0 Å². The molecule has 1 atom stereocenters. The van der Waals surface area contributed by atoms with Crippen LogP contribution in [-0.2, 0) is 28.6 Å². The van der Waals surface area contributed by atoms with Gasteiger partial charge in [-0.25, -0.2) is 0 Å². The van der Waals surface area contributed by atoms with E-state index in [-0.39, 0.29) is 31.1 Å². The maximum absolute atomic E-state index is 12.8. The zero-order chi connectivity index (χ0) is 45.8. The SMILES string of the molecule is CCCCCCCC/C=C\C/C=C\C/C=C\CCCC(=O)OCC(COC(=O)CCCCCCCCCCCCC)OC(=O)CCCCCCCCCCCCCCCCCCC. The summed E-state index contributed by atoms with van der Waals surface area (Å²) in [5.41, 5.74) is 0. The van der Waals surface area contributed by atoms with Crippen LogP contribution in [0.2, 0.25) is 0 Å². The summed E-state index contributed by atoms with van der Waals surface area (Å²) in [6, 6.07) is 0. The van der Waals surface area contributed by atoms with E-state index in [0.717, 1.165) is 57.8 Å². The first-order valence-corrected chi connectivity index (χ1v) is 27.5. The second-order valence-electron chi connectivity index (χ2n) is 18.5. The van der Waals surface area contributed by atoms with Crippen molar-refractivity contribution in [2.24, 2.45) is 0 Å². The van der Waals surface area contributed by atoms with Gasteiger partial charge in [-0.15, -0.1) is 0 Å². The minimum Gasteiger partial charge on any atom is -0.462 e. The van der Waals surface area contributed by atoms with Crippen molar-refractivity contribution in [1.82, 2.24) is 0 Å². The van der Waals surface area contributed by atoms with Gasteiger partial charge in [0, 0.05) is 19.3 Å². The molecule has 0 bridgehead atoms. The Hall–Kier alpha value is -2.37. The molecule has 0 spiro atoms. The number of hydrogen-bond donors (Lipinski definition) is 0. The third kappa shape index (κ3) is 50.5. The smallest absolute Gasteiger partial charge is 0.306 e. The predicted octanol–water partition coefficient (Wildman–Crippen LogP) is 18.1. The summed E-state index contributed by atoms with van der Waals surface area (Å²) in [6.07, 6.45) is 61.4. The molecule has 63 heavy (non-hydrogen) atoms. The molecule has 6 nitrogen and oxygen atoms in total. The lowest BCUT2D eigenvalue weighted by Crippen LogP contribution is -2.30. The minimum absolute atomic E-state index is 0.0832. The van der Waals surface area contributed by atoms with Gasteiger partial charge >= 0.3 is 17.9 Å². The van der Waals surface area contributed by atoms with E-state index in [1.807, 2.05) is 0 Å². The lowest BCUT2D eigenvalue weighted by atomic mass is 10.0. The molecule has 0 aliphatic rings. The molecule has 6 heteroatoms. The van der Waals surface area contributed by atoms with Crippen LogP contribution in [-0.4, -0.2) is 37.2 Å². The Morgan fingerprint density at radius 3 is 0.952 bits per heavy atom. The predicted molar refractivity (Wildman–Crippen MR) is 270 cm³/mol. The van der Waals surface area contributed by atoms with Gasteiger partial charge in [-0.3, -0.25) is 14.4 Å². The van der Waals surface area contributed by atoms with E-state index in [9.17, 15) is 14.4 Å². The van der Waals surface area contributed by atoms with Crippen LogP contribution in [0, 0.1) is 0 Å². The lowest BCUT2D eigenvalue weighted by Gasteiger charge is -2.18. The fourth-order valence-electron chi connectivity index (χ4n) is 7.99. The van der Waals surface area contributed by atoms with E-state index < -0.39 is 6.10 Å². The average molecular weight is 885 g/mol. The van der Waals surface area contributed by atoms with Crippen molar-refractivity contribution in [3.05, 3.63) is 36.5 Å². The molecule has 0 rings (SSSR count). The second kappa shape index (κ2) is 52.3. The maximum Gasteiger partial charge on any atom is 0.306 e. The maximum atomic E-state index is 12.8. The minimum atomic E-state index is -0.786. The average Bonchev–Trinajstić information content (AvgIpc) is 3.28. The van der Waals surface area contributed by atoms with Crippen LogP contribution in [0.5, 0.6) is 0 Å². The Labute approximate surface area is 391 Å². The Morgan fingerprint density at radius 2 is 0.587 bits per heavy atom. The highest BCUT2D eigenvalue weighted by Crippen LogP contribution is 2.16. The molecule has 0 saturated carbocycles. The van der Waals surface area contributed by atoms with Gasteiger partial charge in [-0.2, -0.15) is 0 Å². The van der Waals surface area contributed by atoms with Crippen LogP contribution in [0.1, 0.15) is 290 Å². The fourth-order valence-corrected chi connectivity index (χ4v) is 7.99. The topological polar surface area (TPSA) is 78.9 Å². The molecule has 0 N–H and O–H groups in total. The molecular formula is C57H104O6. The number of esters is 3. The lowest BCUT2D eigenvalue weighted by molar-refractivity contribution is -0.167.